The Kier molecular flexibility index (Phi) is 5.67. The summed E-state index contributed by atoms with van der Waals surface area (Å²) in [5.41, 5.74) is 7.49. The first-order chi connectivity index (χ1) is 8.22. The van der Waals surface area contributed by atoms with Gasteiger partial charge in [0, 0.05) is 25.1 Å². The van der Waals surface area contributed by atoms with Gasteiger partial charge in [-0.1, -0.05) is 12.1 Å². The van der Waals surface area contributed by atoms with Crippen LogP contribution in [0.3, 0.4) is 0 Å². The van der Waals surface area contributed by atoms with Crippen LogP contribution in [0.1, 0.15) is 25.3 Å². The highest BCUT2D eigenvalue weighted by Gasteiger charge is 2.01. The SMILES string of the molecule is CC#CCCNC(=O)CCc1cccc(N)c1. The van der Waals surface area contributed by atoms with Crippen LogP contribution in [0.2, 0.25) is 0 Å². The Morgan fingerprint density at radius 1 is 1.47 bits per heavy atom. The first-order valence-corrected chi connectivity index (χ1v) is 5.73. The van der Waals surface area contributed by atoms with Crippen LogP contribution in [0.5, 0.6) is 0 Å². The lowest BCUT2D eigenvalue weighted by molar-refractivity contribution is -0.121. The van der Waals surface area contributed by atoms with E-state index in [0.29, 0.717) is 19.4 Å². The van der Waals surface area contributed by atoms with E-state index in [-0.39, 0.29) is 5.91 Å². The van der Waals surface area contributed by atoms with Gasteiger partial charge < -0.3 is 11.1 Å². The van der Waals surface area contributed by atoms with E-state index in [0.717, 1.165) is 17.7 Å². The van der Waals surface area contributed by atoms with Crippen molar-refractivity contribution in [2.75, 3.05) is 12.3 Å². The Morgan fingerprint density at radius 3 is 3.00 bits per heavy atom. The van der Waals surface area contributed by atoms with Gasteiger partial charge in [-0.3, -0.25) is 4.79 Å². The molecule has 0 aliphatic heterocycles. The third-order valence-corrected chi connectivity index (χ3v) is 2.34. The molecule has 0 atom stereocenters. The highest BCUT2D eigenvalue weighted by Crippen LogP contribution is 2.08. The van der Waals surface area contributed by atoms with Crippen LogP contribution < -0.4 is 11.1 Å². The summed E-state index contributed by atoms with van der Waals surface area (Å²) >= 11 is 0. The summed E-state index contributed by atoms with van der Waals surface area (Å²) in [5, 5.41) is 2.83. The molecular weight excluding hydrogens is 212 g/mol. The Hall–Kier alpha value is -1.95. The number of nitrogens with one attached hydrogen (secondary N) is 1. The van der Waals surface area contributed by atoms with Crippen molar-refractivity contribution < 1.29 is 4.79 Å². The third kappa shape index (κ3) is 5.62. The lowest BCUT2D eigenvalue weighted by Gasteiger charge is -2.04. The largest absolute Gasteiger partial charge is 0.399 e. The van der Waals surface area contributed by atoms with E-state index < -0.39 is 0 Å². The van der Waals surface area contributed by atoms with Crippen LogP contribution in [0, 0.1) is 11.8 Å². The molecule has 1 aromatic rings. The molecule has 0 fully saturated rings. The number of nitrogens with two attached hydrogens (primary N) is 1. The number of carbonyl (C=O) groups is 1. The molecule has 1 aromatic carbocycles. The molecule has 0 saturated carbocycles. The topological polar surface area (TPSA) is 55.1 Å². The lowest BCUT2D eigenvalue weighted by atomic mass is 10.1. The average Bonchev–Trinajstić information content (AvgIpc) is 2.32. The van der Waals surface area contributed by atoms with Gasteiger partial charge in [-0.15, -0.1) is 11.8 Å². The fourth-order valence-corrected chi connectivity index (χ4v) is 1.48. The van der Waals surface area contributed by atoms with Crippen molar-refractivity contribution in [2.24, 2.45) is 0 Å². The van der Waals surface area contributed by atoms with Gasteiger partial charge in [-0.2, -0.15) is 0 Å². The fourth-order valence-electron chi connectivity index (χ4n) is 1.48. The Labute approximate surface area is 102 Å². The van der Waals surface area contributed by atoms with Gasteiger partial charge in [0.25, 0.3) is 0 Å². The standard InChI is InChI=1S/C14H18N2O/c1-2-3-4-10-16-14(17)9-8-12-6-5-7-13(15)11-12/h5-7,11H,4,8-10,15H2,1H3,(H,16,17). The number of aryl methyl sites for hydroxylation is 1. The highest BCUT2D eigenvalue weighted by molar-refractivity contribution is 5.76. The summed E-state index contributed by atoms with van der Waals surface area (Å²) in [6.07, 6.45) is 1.92. The number of amides is 1. The maximum atomic E-state index is 11.5. The fraction of sp³-hybridized carbons (Fsp3) is 0.357. The van der Waals surface area contributed by atoms with Crippen LogP contribution in [-0.2, 0) is 11.2 Å². The molecule has 0 aromatic heterocycles. The van der Waals surface area contributed by atoms with Crippen LogP contribution >= 0.6 is 0 Å². The first-order valence-electron chi connectivity index (χ1n) is 5.73. The summed E-state index contributed by atoms with van der Waals surface area (Å²) in [4.78, 5) is 11.5. The van der Waals surface area contributed by atoms with Gasteiger partial charge in [-0.05, 0) is 31.0 Å². The summed E-state index contributed by atoms with van der Waals surface area (Å²) in [5.74, 6) is 5.75. The van der Waals surface area contributed by atoms with E-state index in [1.165, 1.54) is 0 Å². The minimum absolute atomic E-state index is 0.0605. The molecule has 0 aliphatic carbocycles. The van der Waals surface area contributed by atoms with Gasteiger partial charge in [0.15, 0.2) is 0 Å². The predicted octanol–water partition coefficient (Wildman–Crippen LogP) is 1.73. The van der Waals surface area contributed by atoms with E-state index in [1.807, 2.05) is 24.3 Å². The van der Waals surface area contributed by atoms with Gasteiger partial charge in [-0.25, -0.2) is 0 Å². The van der Waals surface area contributed by atoms with Crippen molar-refractivity contribution in [3.63, 3.8) is 0 Å². The van der Waals surface area contributed by atoms with Crippen LogP contribution in [0.15, 0.2) is 24.3 Å². The maximum Gasteiger partial charge on any atom is 0.220 e. The minimum Gasteiger partial charge on any atom is -0.399 e. The Morgan fingerprint density at radius 2 is 2.29 bits per heavy atom. The van der Waals surface area contributed by atoms with E-state index in [2.05, 4.69) is 17.2 Å². The maximum absolute atomic E-state index is 11.5. The molecule has 0 bridgehead atoms. The first kappa shape index (κ1) is 13.1. The molecule has 3 heteroatoms. The molecular formula is C14H18N2O. The molecule has 17 heavy (non-hydrogen) atoms. The molecule has 0 aliphatic rings. The molecule has 0 unspecified atom stereocenters. The zero-order valence-electron chi connectivity index (χ0n) is 10.1. The van der Waals surface area contributed by atoms with E-state index >= 15 is 0 Å². The molecule has 0 heterocycles. The summed E-state index contributed by atoms with van der Waals surface area (Å²) < 4.78 is 0. The molecule has 0 spiro atoms. The quantitative estimate of drug-likeness (QED) is 0.460. The molecule has 1 amide bonds. The molecule has 3 nitrogen and oxygen atoms in total. The number of anilines is 1. The lowest BCUT2D eigenvalue weighted by Crippen LogP contribution is -2.24. The van der Waals surface area contributed by atoms with Gasteiger partial charge in [0.1, 0.15) is 0 Å². The number of nitrogen functional groups attached to an aromatic ring is 1. The van der Waals surface area contributed by atoms with Gasteiger partial charge >= 0.3 is 0 Å². The number of hydrogen-bond donors (Lipinski definition) is 2. The molecule has 3 N–H and O–H groups in total. The van der Waals surface area contributed by atoms with Crippen molar-refractivity contribution in [3.8, 4) is 11.8 Å². The monoisotopic (exact) mass is 230 g/mol. The second-order valence-corrected chi connectivity index (χ2v) is 3.77. The van der Waals surface area contributed by atoms with Crippen molar-refractivity contribution >= 4 is 11.6 Å². The van der Waals surface area contributed by atoms with E-state index in [4.69, 9.17) is 5.73 Å². The minimum atomic E-state index is 0.0605. The Bertz CT molecular complexity index is 429. The Balaban J connectivity index is 2.25. The van der Waals surface area contributed by atoms with Crippen molar-refractivity contribution in [2.45, 2.75) is 26.2 Å². The molecule has 90 valence electrons. The summed E-state index contributed by atoms with van der Waals surface area (Å²) in [6, 6.07) is 7.62. The summed E-state index contributed by atoms with van der Waals surface area (Å²) in [6.45, 7) is 2.41. The van der Waals surface area contributed by atoms with Crippen LogP contribution in [-0.4, -0.2) is 12.5 Å². The van der Waals surface area contributed by atoms with Crippen molar-refractivity contribution in [1.29, 1.82) is 0 Å². The van der Waals surface area contributed by atoms with Crippen LogP contribution in [0.4, 0.5) is 5.69 Å². The van der Waals surface area contributed by atoms with Gasteiger partial charge in [0.05, 0.1) is 0 Å². The molecule has 1 rings (SSSR count). The van der Waals surface area contributed by atoms with Crippen LogP contribution in [0.25, 0.3) is 0 Å². The summed E-state index contributed by atoms with van der Waals surface area (Å²) in [7, 11) is 0. The zero-order valence-corrected chi connectivity index (χ0v) is 10.1. The van der Waals surface area contributed by atoms with Crippen molar-refractivity contribution in [3.05, 3.63) is 29.8 Å². The zero-order chi connectivity index (χ0) is 12.5. The average molecular weight is 230 g/mol. The van der Waals surface area contributed by atoms with E-state index in [1.54, 1.807) is 6.92 Å². The molecule has 0 saturated heterocycles. The number of rotatable bonds is 5. The smallest absolute Gasteiger partial charge is 0.220 e. The second kappa shape index (κ2) is 7.34. The third-order valence-electron chi connectivity index (χ3n) is 2.34. The number of hydrogen-bond acceptors (Lipinski definition) is 2. The normalized spacial score (nSPS) is 9.24. The number of benzene rings is 1. The van der Waals surface area contributed by atoms with Crippen molar-refractivity contribution in [1.82, 2.24) is 5.32 Å². The predicted molar refractivity (Wildman–Crippen MR) is 70.3 cm³/mol. The molecule has 0 radical (unpaired) electrons. The number of carbonyl (C=O) groups excluding carboxylic acids is 1. The second-order valence-electron chi connectivity index (χ2n) is 3.77. The van der Waals surface area contributed by atoms with E-state index in [9.17, 15) is 4.79 Å². The highest BCUT2D eigenvalue weighted by atomic mass is 16.1. The van der Waals surface area contributed by atoms with Gasteiger partial charge in [0.2, 0.25) is 5.91 Å².